The van der Waals surface area contributed by atoms with Crippen LogP contribution in [0.4, 0.5) is 4.39 Å². The van der Waals surface area contributed by atoms with E-state index in [4.69, 9.17) is 5.11 Å². The lowest BCUT2D eigenvalue weighted by molar-refractivity contribution is -0.132. The zero-order valence-corrected chi connectivity index (χ0v) is 10.5. The van der Waals surface area contributed by atoms with E-state index in [2.05, 4.69) is 0 Å². The van der Waals surface area contributed by atoms with Gasteiger partial charge in [-0.2, -0.15) is 0 Å². The summed E-state index contributed by atoms with van der Waals surface area (Å²) in [5, 5.41) is 8.79. The fourth-order valence-corrected chi connectivity index (χ4v) is 2.55. The third kappa shape index (κ3) is 2.65. The number of halogens is 1. The molecule has 0 bridgehead atoms. The molecule has 2 aromatic rings. The van der Waals surface area contributed by atoms with Crippen LogP contribution in [0.3, 0.4) is 0 Å². The highest BCUT2D eigenvalue weighted by Crippen LogP contribution is 2.30. The lowest BCUT2D eigenvalue weighted by Crippen LogP contribution is -1.94. The molecule has 0 fully saturated rings. The van der Waals surface area contributed by atoms with Gasteiger partial charge in [0, 0.05) is 20.9 Å². The summed E-state index contributed by atoms with van der Waals surface area (Å²) >= 11 is 1.37. The summed E-state index contributed by atoms with van der Waals surface area (Å²) < 4.78 is 13.6. The van der Waals surface area contributed by atoms with Crippen LogP contribution in [0.5, 0.6) is 0 Å². The molecular weight excluding hydrogens is 251 g/mol. The van der Waals surface area contributed by atoms with E-state index in [9.17, 15) is 9.18 Å². The number of benzene rings is 1. The van der Waals surface area contributed by atoms with Gasteiger partial charge in [-0.1, -0.05) is 18.2 Å². The molecule has 0 aliphatic rings. The van der Waals surface area contributed by atoms with Gasteiger partial charge in [0.05, 0.1) is 0 Å². The number of hydrogen-bond acceptors (Lipinski definition) is 2. The maximum absolute atomic E-state index is 13.6. The summed E-state index contributed by atoms with van der Waals surface area (Å²) in [6.45, 7) is 1.53. The van der Waals surface area contributed by atoms with E-state index in [0.29, 0.717) is 5.56 Å². The first-order valence-electron chi connectivity index (χ1n) is 5.34. The van der Waals surface area contributed by atoms with E-state index >= 15 is 0 Å². The van der Waals surface area contributed by atoms with Gasteiger partial charge in [-0.15, -0.1) is 11.3 Å². The van der Waals surface area contributed by atoms with Crippen molar-refractivity contribution in [1.82, 2.24) is 0 Å². The van der Waals surface area contributed by atoms with E-state index < -0.39 is 5.97 Å². The third-order valence-electron chi connectivity index (χ3n) is 2.46. The highest BCUT2D eigenvalue weighted by Gasteiger charge is 2.07. The van der Waals surface area contributed by atoms with Crippen LogP contribution in [0, 0.1) is 5.82 Å². The Labute approximate surface area is 108 Å². The van der Waals surface area contributed by atoms with Gasteiger partial charge in [-0.25, -0.2) is 9.18 Å². The molecule has 0 aliphatic carbocycles. The molecule has 0 spiro atoms. The van der Waals surface area contributed by atoms with Gasteiger partial charge in [0.25, 0.3) is 0 Å². The van der Waals surface area contributed by atoms with Crippen LogP contribution >= 0.6 is 11.3 Å². The molecule has 2 nitrogen and oxygen atoms in total. The Kier molecular flexibility index (Phi) is 3.58. The van der Waals surface area contributed by atoms with Crippen molar-refractivity contribution in [3.05, 3.63) is 52.7 Å². The van der Waals surface area contributed by atoms with Crippen LogP contribution < -0.4 is 0 Å². The molecule has 92 valence electrons. The molecule has 4 heteroatoms. The molecule has 0 radical (unpaired) electrons. The Hall–Kier alpha value is -1.94. The number of thiophene rings is 1. The van der Waals surface area contributed by atoms with Crippen molar-refractivity contribution in [3.8, 4) is 10.4 Å². The normalized spacial score (nSPS) is 11.6. The average Bonchev–Trinajstić information content (AvgIpc) is 2.77. The van der Waals surface area contributed by atoms with Crippen molar-refractivity contribution in [2.24, 2.45) is 0 Å². The van der Waals surface area contributed by atoms with Crippen LogP contribution in [-0.2, 0) is 4.79 Å². The highest BCUT2D eigenvalue weighted by atomic mass is 32.1. The number of carbonyl (C=O) groups is 1. The first kappa shape index (κ1) is 12.5. The van der Waals surface area contributed by atoms with Gasteiger partial charge >= 0.3 is 5.97 Å². The van der Waals surface area contributed by atoms with Crippen molar-refractivity contribution < 1.29 is 14.3 Å². The quantitative estimate of drug-likeness (QED) is 0.847. The van der Waals surface area contributed by atoms with Crippen LogP contribution in [0.2, 0.25) is 0 Å². The second kappa shape index (κ2) is 5.14. The smallest absolute Gasteiger partial charge is 0.331 e. The average molecular weight is 262 g/mol. The highest BCUT2D eigenvalue weighted by molar-refractivity contribution is 7.16. The number of carboxylic acid groups (broad SMARTS) is 1. The van der Waals surface area contributed by atoms with E-state index in [1.807, 2.05) is 0 Å². The predicted octanol–water partition coefficient (Wildman–Crippen LogP) is 4.04. The molecule has 18 heavy (non-hydrogen) atoms. The topological polar surface area (TPSA) is 37.3 Å². The maximum atomic E-state index is 13.6. The molecule has 0 unspecified atom stereocenters. The minimum atomic E-state index is -0.948. The Morgan fingerprint density at radius 3 is 2.67 bits per heavy atom. The summed E-state index contributed by atoms with van der Waals surface area (Å²) in [6.07, 6.45) is 1.58. The van der Waals surface area contributed by atoms with Crippen LogP contribution in [0.15, 0.2) is 42.0 Å². The number of carboxylic acids is 1. The number of hydrogen-bond donors (Lipinski definition) is 1. The van der Waals surface area contributed by atoms with Gasteiger partial charge in [0.1, 0.15) is 5.82 Å². The molecule has 1 aromatic heterocycles. The van der Waals surface area contributed by atoms with Gasteiger partial charge in [0.15, 0.2) is 0 Å². The van der Waals surface area contributed by atoms with Crippen LogP contribution in [-0.4, -0.2) is 11.1 Å². The fraction of sp³-hybridized carbons (Fsp3) is 0.0714. The van der Waals surface area contributed by atoms with Gasteiger partial charge in [-0.3, -0.25) is 0 Å². The number of rotatable bonds is 3. The van der Waals surface area contributed by atoms with Gasteiger partial charge in [-0.05, 0) is 31.2 Å². The first-order valence-corrected chi connectivity index (χ1v) is 6.16. The van der Waals surface area contributed by atoms with Crippen LogP contribution in [0.25, 0.3) is 16.5 Å². The lowest BCUT2D eigenvalue weighted by atomic mass is 10.2. The van der Waals surface area contributed by atoms with Crippen LogP contribution in [0.1, 0.15) is 11.8 Å². The monoisotopic (exact) mass is 262 g/mol. The second-order valence-corrected chi connectivity index (χ2v) is 4.93. The molecule has 0 atom stereocenters. The second-order valence-electron chi connectivity index (χ2n) is 3.81. The SMILES string of the molecule is CC(=Cc1ccc(-c2ccccc2F)s1)C(=O)O. The molecule has 0 amide bonds. The van der Waals surface area contributed by atoms with Gasteiger partial charge < -0.3 is 5.11 Å². The van der Waals surface area contributed by atoms with E-state index in [0.717, 1.165) is 9.75 Å². The summed E-state index contributed by atoms with van der Waals surface area (Å²) in [7, 11) is 0. The lowest BCUT2D eigenvalue weighted by Gasteiger charge is -1.98. The minimum Gasteiger partial charge on any atom is -0.478 e. The first-order chi connectivity index (χ1) is 8.58. The predicted molar refractivity (Wildman–Crippen MR) is 71.0 cm³/mol. The zero-order chi connectivity index (χ0) is 13.1. The molecule has 1 aromatic carbocycles. The van der Waals surface area contributed by atoms with E-state index in [-0.39, 0.29) is 11.4 Å². The standard InChI is InChI=1S/C14H11FO2S/c1-9(14(16)17)8-10-6-7-13(18-10)11-4-2-3-5-12(11)15/h2-8H,1H3,(H,16,17). The van der Waals surface area contributed by atoms with Crippen molar-refractivity contribution in [2.45, 2.75) is 6.92 Å². The summed E-state index contributed by atoms with van der Waals surface area (Å²) in [4.78, 5) is 12.3. The fourth-order valence-electron chi connectivity index (χ4n) is 1.51. The van der Waals surface area contributed by atoms with Crippen molar-refractivity contribution in [1.29, 1.82) is 0 Å². The van der Waals surface area contributed by atoms with E-state index in [1.54, 1.807) is 36.4 Å². The molecule has 2 rings (SSSR count). The summed E-state index contributed by atoms with van der Waals surface area (Å²) in [6, 6.07) is 10.1. The molecule has 1 N–H and O–H groups in total. The van der Waals surface area contributed by atoms with Gasteiger partial charge in [0.2, 0.25) is 0 Å². The molecule has 1 heterocycles. The largest absolute Gasteiger partial charge is 0.478 e. The molecule has 0 saturated heterocycles. The Balaban J connectivity index is 2.35. The van der Waals surface area contributed by atoms with Crippen molar-refractivity contribution in [3.63, 3.8) is 0 Å². The van der Waals surface area contributed by atoms with E-state index in [1.165, 1.54) is 24.3 Å². The third-order valence-corrected chi connectivity index (χ3v) is 3.53. The summed E-state index contributed by atoms with van der Waals surface area (Å²) in [5.41, 5.74) is 0.798. The Morgan fingerprint density at radius 2 is 2.00 bits per heavy atom. The Morgan fingerprint density at radius 1 is 1.28 bits per heavy atom. The molecule has 0 saturated carbocycles. The molecule has 0 aliphatic heterocycles. The minimum absolute atomic E-state index is 0.261. The Bertz CT molecular complexity index is 614. The van der Waals surface area contributed by atoms with Crippen molar-refractivity contribution >= 4 is 23.4 Å². The molecular formula is C14H11FO2S. The summed E-state index contributed by atoms with van der Waals surface area (Å²) in [5.74, 6) is -1.22. The maximum Gasteiger partial charge on any atom is 0.331 e. The zero-order valence-electron chi connectivity index (χ0n) is 9.68. The number of aliphatic carboxylic acids is 1. The van der Waals surface area contributed by atoms with Crippen molar-refractivity contribution in [2.75, 3.05) is 0 Å².